The summed E-state index contributed by atoms with van der Waals surface area (Å²) in [5, 5.41) is 14.6. The van der Waals surface area contributed by atoms with Gasteiger partial charge in [-0.05, 0) is 34.9 Å². The lowest BCUT2D eigenvalue weighted by molar-refractivity contribution is -0.123. The zero-order valence-electron chi connectivity index (χ0n) is 16.7. The number of rotatable bonds is 8. The number of carbonyl (C=O) groups excluding carboxylic acids is 2. The molecular formula is C25H22N2O4. The number of carbonyl (C=O) groups is 3. The van der Waals surface area contributed by atoms with Crippen molar-refractivity contribution in [2.24, 2.45) is 0 Å². The molecule has 0 heterocycles. The maximum atomic E-state index is 12.8. The molecule has 6 heteroatoms. The molecule has 0 spiro atoms. The van der Waals surface area contributed by atoms with E-state index in [2.05, 4.69) is 10.6 Å². The number of hydrogen-bond donors (Lipinski definition) is 3. The van der Waals surface area contributed by atoms with Crippen molar-refractivity contribution in [3.63, 3.8) is 0 Å². The summed E-state index contributed by atoms with van der Waals surface area (Å²) in [5.41, 5.74) is 2.43. The average Bonchev–Trinajstić information content (AvgIpc) is 2.81. The van der Waals surface area contributed by atoms with E-state index in [1.165, 1.54) is 18.2 Å². The topological polar surface area (TPSA) is 95.5 Å². The smallest absolute Gasteiger partial charge is 0.335 e. The Balaban J connectivity index is 1.78. The first-order chi connectivity index (χ1) is 15.0. The van der Waals surface area contributed by atoms with Crippen LogP contribution in [0, 0.1) is 0 Å². The van der Waals surface area contributed by atoms with E-state index >= 15 is 0 Å². The summed E-state index contributed by atoms with van der Waals surface area (Å²) < 4.78 is 0. The summed E-state index contributed by atoms with van der Waals surface area (Å²) >= 11 is 0. The maximum absolute atomic E-state index is 12.8. The Bertz CT molecular complexity index is 1020. The molecule has 31 heavy (non-hydrogen) atoms. The molecule has 6 nitrogen and oxygen atoms in total. The number of hydrogen-bond acceptors (Lipinski definition) is 3. The lowest BCUT2D eigenvalue weighted by atomic mass is 10.1. The molecular weight excluding hydrogens is 392 g/mol. The van der Waals surface area contributed by atoms with E-state index in [0.717, 1.165) is 11.1 Å². The first-order valence-electron chi connectivity index (χ1n) is 9.72. The third-order valence-electron chi connectivity index (χ3n) is 4.55. The highest BCUT2D eigenvalue weighted by atomic mass is 16.4. The molecule has 0 aromatic heterocycles. The van der Waals surface area contributed by atoms with Crippen LogP contribution in [-0.4, -0.2) is 22.9 Å². The molecule has 3 aromatic rings. The molecule has 3 aromatic carbocycles. The Morgan fingerprint density at radius 3 is 1.55 bits per heavy atom. The van der Waals surface area contributed by atoms with Gasteiger partial charge in [0.25, 0.3) is 11.8 Å². The van der Waals surface area contributed by atoms with E-state index in [4.69, 9.17) is 5.11 Å². The molecule has 0 aliphatic carbocycles. The molecule has 0 fully saturated rings. The molecule has 0 unspecified atom stereocenters. The average molecular weight is 414 g/mol. The van der Waals surface area contributed by atoms with Crippen molar-refractivity contribution in [3.05, 3.63) is 113 Å². The highest BCUT2D eigenvalue weighted by Crippen LogP contribution is 2.11. The van der Waals surface area contributed by atoms with Gasteiger partial charge in [0.2, 0.25) is 0 Å². The van der Waals surface area contributed by atoms with Crippen LogP contribution in [0.3, 0.4) is 0 Å². The minimum Gasteiger partial charge on any atom is -0.478 e. The second-order valence-electron chi connectivity index (χ2n) is 6.82. The van der Waals surface area contributed by atoms with E-state index < -0.39 is 17.8 Å². The molecule has 0 aliphatic rings. The standard InChI is InChI=1S/C25H22N2O4/c28-23(26-16-19-7-3-1-4-8-19)22(15-18-11-13-21(14-12-18)25(30)31)24(29)27-17-20-9-5-2-6-10-20/h1-15H,16-17H2,(H,26,28)(H,27,29)(H,30,31). The van der Waals surface area contributed by atoms with Gasteiger partial charge in [-0.25, -0.2) is 4.79 Å². The van der Waals surface area contributed by atoms with Gasteiger partial charge in [0, 0.05) is 13.1 Å². The fraction of sp³-hybridized carbons (Fsp3) is 0.0800. The Hall–Kier alpha value is -4.19. The predicted molar refractivity (Wildman–Crippen MR) is 118 cm³/mol. The third kappa shape index (κ3) is 6.40. The van der Waals surface area contributed by atoms with Crippen molar-refractivity contribution in [2.45, 2.75) is 13.1 Å². The van der Waals surface area contributed by atoms with Crippen molar-refractivity contribution < 1.29 is 19.5 Å². The molecule has 156 valence electrons. The van der Waals surface area contributed by atoms with Gasteiger partial charge in [0.05, 0.1) is 5.56 Å². The first-order valence-corrected chi connectivity index (χ1v) is 9.72. The number of carboxylic acid groups (broad SMARTS) is 1. The van der Waals surface area contributed by atoms with Crippen LogP contribution in [0.5, 0.6) is 0 Å². The SMILES string of the molecule is O=C(NCc1ccccc1)C(=Cc1ccc(C(=O)O)cc1)C(=O)NCc1ccccc1. The Morgan fingerprint density at radius 2 is 1.13 bits per heavy atom. The van der Waals surface area contributed by atoms with Crippen molar-refractivity contribution in [2.75, 3.05) is 0 Å². The van der Waals surface area contributed by atoms with Gasteiger partial charge < -0.3 is 15.7 Å². The van der Waals surface area contributed by atoms with E-state index in [9.17, 15) is 14.4 Å². The van der Waals surface area contributed by atoms with Crippen molar-refractivity contribution in [3.8, 4) is 0 Å². The molecule has 0 aliphatic heterocycles. The van der Waals surface area contributed by atoms with Crippen LogP contribution in [0.4, 0.5) is 0 Å². The van der Waals surface area contributed by atoms with Crippen LogP contribution in [0.25, 0.3) is 6.08 Å². The summed E-state index contributed by atoms with van der Waals surface area (Å²) in [4.78, 5) is 36.7. The second kappa shape index (κ2) is 10.5. The number of amides is 2. The number of aromatic carboxylic acids is 1. The fourth-order valence-electron chi connectivity index (χ4n) is 2.87. The van der Waals surface area contributed by atoms with Crippen molar-refractivity contribution >= 4 is 23.9 Å². The number of nitrogens with one attached hydrogen (secondary N) is 2. The minimum atomic E-state index is -1.04. The van der Waals surface area contributed by atoms with Crippen LogP contribution < -0.4 is 10.6 Å². The molecule has 0 saturated heterocycles. The summed E-state index contributed by atoms with van der Waals surface area (Å²) in [5.74, 6) is -2.08. The lowest BCUT2D eigenvalue weighted by Gasteiger charge is -2.11. The summed E-state index contributed by atoms with van der Waals surface area (Å²) in [6, 6.07) is 24.7. The third-order valence-corrected chi connectivity index (χ3v) is 4.55. The maximum Gasteiger partial charge on any atom is 0.335 e. The number of carboxylic acids is 1. The Kier molecular flexibility index (Phi) is 7.32. The van der Waals surface area contributed by atoms with Crippen LogP contribution >= 0.6 is 0 Å². The molecule has 0 atom stereocenters. The molecule has 0 saturated carbocycles. The highest BCUT2D eigenvalue weighted by Gasteiger charge is 2.18. The molecule has 0 radical (unpaired) electrons. The van der Waals surface area contributed by atoms with Crippen molar-refractivity contribution in [1.82, 2.24) is 10.6 Å². The predicted octanol–water partition coefficient (Wildman–Crippen LogP) is 3.40. The van der Waals surface area contributed by atoms with Crippen LogP contribution in [-0.2, 0) is 22.7 Å². The minimum absolute atomic E-state index is 0.0602. The van der Waals surface area contributed by atoms with E-state index in [-0.39, 0.29) is 24.2 Å². The van der Waals surface area contributed by atoms with Gasteiger partial charge in [0.1, 0.15) is 5.57 Å². The van der Waals surface area contributed by atoms with Gasteiger partial charge >= 0.3 is 5.97 Å². The second-order valence-corrected chi connectivity index (χ2v) is 6.82. The van der Waals surface area contributed by atoms with Gasteiger partial charge in [0.15, 0.2) is 0 Å². The largest absolute Gasteiger partial charge is 0.478 e. The zero-order chi connectivity index (χ0) is 22.1. The fourth-order valence-corrected chi connectivity index (χ4v) is 2.87. The zero-order valence-corrected chi connectivity index (χ0v) is 16.7. The monoisotopic (exact) mass is 414 g/mol. The highest BCUT2D eigenvalue weighted by molar-refractivity contribution is 6.21. The number of benzene rings is 3. The van der Waals surface area contributed by atoms with Gasteiger partial charge in [-0.15, -0.1) is 0 Å². The lowest BCUT2D eigenvalue weighted by Crippen LogP contribution is -2.34. The summed E-state index contributed by atoms with van der Waals surface area (Å²) in [6.45, 7) is 0.557. The van der Waals surface area contributed by atoms with Gasteiger partial charge in [-0.3, -0.25) is 9.59 Å². The molecule has 0 bridgehead atoms. The van der Waals surface area contributed by atoms with Crippen molar-refractivity contribution in [1.29, 1.82) is 0 Å². The van der Waals surface area contributed by atoms with E-state index in [1.54, 1.807) is 12.1 Å². The van der Waals surface area contributed by atoms with Crippen LogP contribution in [0.1, 0.15) is 27.0 Å². The van der Waals surface area contributed by atoms with Crippen LogP contribution in [0.15, 0.2) is 90.5 Å². The Labute approximate surface area is 180 Å². The molecule has 2 amide bonds. The molecule has 3 N–H and O–H groups in total. The molecule has 3 rings (SSSR count). The summed E-state index contributed by atoms with van der Waals surface area (Å²) in [6.07, 6.45) is 1.45. The van der Waals surface area contributed by atoms with Gasteiger partial charge in [-0.2, -0.15) is 0 Å². The first kappa shape index (κ1) is 21.5. The van der Waals surface area contributed by atoms with Crippen LogP contribution in [0.2, 0.25) is 0 Å². The quantitative estimate of drug-likeness (QED) is 0.299. The normalized spacial score (nSPS) is 10.1. The van der Waals surface area contributed by atoms with E-state index in [1.807, 2.05) is 60.7 Å². The summed E-state index contributed by atoms with van der Waals surface area (Å²) in [7, 11) is 0. The van der Waals surface area contributed by atoms with E-state index in [0.29, 0.717) is 5.56 Å². The van der Waals surface area contributed by atoms with Gasteiger partial charge in [-0.1, -0.05) is 72.8 Å². The Morgan fingerprint density at radius 1 is 0.677 bits per heavy atom.